The van der Waals surface area contributed by atoms with Crippen LogP contribution in [0.2, 0.25) is 0 Å². The van der Waals surface area contributed by atoms with Gasteiger partial charge in [-0.15, -0.1) is 0 Å². The molecular weight excluding hydrogens is 530 g/mol. The first-order valence-electron chi connectivity index (χ1n) is 14.3. The van der Waals surface area contributed by atoms with Crippen molar-refractivity contribution in [3.63, 3.8) is 0 Å². The van der Waals surface area contributed by atoms with Crippen LogP contribution in [0.3, 0.4) is 0 Å². The first-order chi connectivity index (χ1) is 20.2. The normalized spacial score (nSPS) is 19.5. The molecule has 3 aromatic carbocycles. The highest BCUT2D eigenvalue weighted by Crippen LogP contribution is 2.41. The van der Waals surface area contributed by atoms with Gasteiger partial charge in [-0.25, -0.2) is 9.59 Å². The molecule has 8 heteroatoms. The van der Waals surface area contributed by atoms with Crippen LogP contribution in [-0.2, 0) is 16.0 Å². The molecule has 2 bridgehead atoms. The Labute approximate surface area is 247 Å². The van der Waals surface area contributed by atoms with Gasteiger partial charge in [0, 0.05) is 67.9 Å². The summed E-state index contributed by atoms with van der Waals surface area (Å²) in [4.78, 5) is 38.4. The Hall–Kier alpha value is -4.43. The number of carboxylic acids is 2. The summed E-state index contributed by atoms with van der Waals surface area (Å²) in [5, 5.41) is 15.6. The van der Waals surface area contributed by atoms with Gasteiger partial charge >= 0.3 is 11.9 Å². The van der Waals surface area contributed by atoms with Crippen molar-refractivity contribution < 1.29 is 24.6 Å². The zero-order chi connectivity index (χ0) is 30.1. The molecule has 2 heterocycles. The quantitative estimate of drug-likeness (QED) is 0.329. The molecule has 2 N–H and O–H groups in total. The number of carboxylic acid groups (broad SMARTS) is 2. The first-order valence-corrected chi connectivity index (χ1v) is 14.3. The Morgan fingerprint density at radius 1 is 0.762 bits per heavy atom. The molecule has 2 aliphatic rings. The van der Waals surface area contributed by atoms with Gasteiger partial charge in [0.15, 0.2) is 0 Å². The molecule has 0 aromatic heterocycles. The van der Waals surface area contributed by atoms with Crippen LogP contribution < -0.4 is 4.90 Å². The zero-order valence-corrected chi connectivity index (χ0v) is 24.2. The number of anilines is 2. The van der Waals surface area contributed by atoms with Crippen LogP contribution in [0.4, 0.5) is 11.4 Å². The third-order valence-electron chi connectivity index (χ3n) is 7.93. The van der Waals surface area contributed by atoms with Gasteiger partial charge in [0.05, 0.1) is 0 Å². The summed E-state index contributed by atoms with van der Waals surface area (Å²) >= 11 is 0. The molecule has 2 fully saturated rings. The van der Waals surface area contributed by atoms with E-state index in [4.69, 9.17) is 10.2 Å². The highest BCUT2D eigenvalue weighted by Gasteiger charge is 2.42. The molecule has 0 unspecified atom stereocenters. The van der Waals surface area contributed by atoms with E-state index in [2.05, 4.69) is 82.6 Å². The van der Waals surface area contributed by atoms with Crippen molar-refractivity contribution in [3.8, 4) is 0 Å². The van der Waals surface area contributed by atoms with Crippen LogP contribution in [0.25, 0.3) is 0 Å². The topological polar surface area (TPSA) is 101 Å². The van der Waals surface area contributed by atoms with Gasteiger partial charge in [0.1, 0.15) is 0 Å². The third kappa shape index (κ3) is 8.07. The number of fused-ring (bicyclic) bond motifs is 2. The molecule has 0 saturated carbocycles. The number of piperidine rings is 1. The van der Waals surface area contributed by atoms with E-state index < -0.39 is 11.9 Å². The van der Waals surface area contributed by atoms with E-state index in [1.54, 1.807) is 19.0 Å². The zero-order valence-electron chi connectivity index (χ0n) is 24.2. The number of rotatable bonds is 9. The maximum absolute atomic E-state index is 12.4. The van der Waals surface area contributed by atoms with Crippen molar-refractivity contribution in [3.05, 3.63) is 108 Å². The van der Waals surface area contributed by atoms with Crippen LogP contribution in [0, 0.1) is 0 Å². The fraction of sp³-hybridized carbons (Fsp3) is 0.324. The molecule has 2 saturated heterocycles. The fourth-order valence-corrected chi connectivity index (χ4v) is 6.05. The molecule has 5 rings (SSSR count). The Kier molecular flexibility index (Phi) is 10.5. The van der Waals surface area contributed by atoms with E-state index in [1.165, 1.54) is 42.6 Å². The minimum absolute atomic E-state index is 0.0441. The lowest BCUT2D eigenvalue weighted by Gasteiger charge is -2.44. The number of hydrogen-bond donors (Lipinski definition) is 2. The predicted molar refractivity (Wildman–Crippen MR) is 164 cm³/mol. The first kappa shape index (κ1) is 30.5. The lowest BCUT2D eigenvalue weighted by atomic mass is 9.94. The van der Waals surface area contributed by atoms with Crippen LogP contribution in [0.5, 0.6) is 0 Å². The molecule has 220 valence electrons. The van der Waals surface area contributed by atoms with Crippen molar-refractivity contribution in [1.82, 2.24) is 9.80 Å². The number of carbonyl (C=O) groups excluding carboxylic acids is 1. The molecule has 3 aromatic rings. The molecule has 0 aliphatic carbocycles. The maximum Gasteiger partial charge on any atom is 0.328 e. The number of benzene rings is 3. The second-order valence-electron chi connectivity index (χ2n) is 10.9. The standard InChI is InChI=1S/C30H35N3O.C4H4O4/c1-31(2)30(34)24-13-15-26(16-14-24)33(25-11-7-4-8-12-25)29-21-27-17-18-28(22-29)32(27)20-19-23-9-5-3-6-10-23;5-3(6)1-2-4(7)8/h3-16,27-29H,17-22H2,1-2H3;1-2H,(H,5,6)(H,7,8)/b;2-1+/t27-,28+,29+;. The molecule has 8 nitrogen and oxygen atoms in total. The largest absolute Gasteiger partial charge is 0.478 e. The molecular formula is C34H39N3O5. The van der Waals surface area contributed by atoms with Gasteiger partial charge in [0.2, 0.25) is 0 Å². The SMILES string of the molecule is CN(C)C(=O)c1ccc(N(c2ccccc2)[C@H]2C[C@H]3CC[C@@H](C2)N3CCc2ccccc2)cc1.O=C(O)/C=C/C(=O)O. The lowest BCUT2D eigenvalue weighted by Crippen LogP contribution is -2.50. The summed E-state index contributed by atoms with van der Waals surface area (Å²) < 4.78 is 0. The van der Waals surface area contributed by atoms with E-state index >= 15 is 0 Å². The third-order valence-corrected chi connectivity index (χ3v) is 7.93. The average Bonchev–Trinajstić information content (AvgIpc) is 3.23. The second kappa shape index (κ2) is 14.5. The molecule has 3 atom stereocenters. The highest BCUT2D eigenvalue weighted by atomic mass is 16.4. The van der Waals surface area contributed by atoms with Crippen LogP contribution in [0.15, 0.2) is 97.1 Å². The van der Waals surface area contributed by atoms with Gasteiger partial charge in [-0.2, -0.15) is 0 Å². The van der Waals surface area contributed by atoms with Crippen molar-refractivity contribution in [2.75, 3.05) is 25.5 Å². The van der Waals surface area contributed by atoms with Crippen molar-refractivity contribution >= 4 is 29.2 Å². The van der Waals surface area contributed by atoms with Crippen molar-refractivity contribution in [1.29, 1.82) is 0 Å². The van der Waals surface area contributed by atoms with Crippen LogP contribution >= 0.6 is 0 Å². The van der Waals surface area contributed by atoms with Crippen LogP contribution in [-0.4, -0.2) is 76.6 Å². The van der Waals surface area contributed by atoms with Gasteiger partial charge < -0.3 is 20.0 Å². The van der Waals surface area contributed by atoms with Crippen molar-refractivity contribution in [2.24, 2.45) is 0 Å². The number of carbonyl (C=O) groups is 3. The van der Waals surface area contributed by atoms with E-state index in [0.717, 1.165) is 18.5 Å². The summed E-state index contributed by atoms with van der Waals surface area (Å²) in [6.45, 7) is 1.15. The van der Waals surface area contributed by atoms with E-state index in [1.807, 2.05) is 12.1 Å². The smallest absolute Gasteiger partial charge is 0.328 e. The summed E-state index contributed by atoms with van der Waals surface area (Å²) in [6.07, 6.45) is 7.20. The summed E-state index contributed by atoms with van der Waals surface area (Å²) in [5.74, 6) is -2.47. The van der Waals surface area contributed by atoms with Gasteiger partial charge in [-0.3, -0.25) is 9.69 Å². The fourth-order valence-electron chi connectivity index (χ4n) is 6.05. The minimum atomic E-state index is -1.26. The second-order valence-corrected chi connectivity index (χ2v) is 10.9. The average molecular weight is 570 g/mol. The summed E-state index contributed by atoms with van der Waals surface area (Å²) in [5.41, 5.74) is 4.57. The minimum Gasteiger partial charge on any atom is -0.478 e. The Morgan fingerprint density at radius 3 is 1.76 bits per heavy atom. The maximum atomic E-state index is 12.4. The predicted octanol–water partition coefficient (Wildman–Crippen LogP) is 5.48. The summed E-state index contributed by atoms with van der Waals surface area (Å²) in [6, 6.07) is 31.6. The highest BCUT2D eigenvalue weighted by molar-refractivity contribution is 5.94. The molecule has 2 aliphatic heterocycles. The number of nitrogens with zero attached hydrogens (tertiary/aromatic N) is 3. The van der Waals surface area contributed by atoms with E-state index in [0.29, 0.717) is 30.3 Å². The molecule has 1 amide bonds. The van der Waals surface area contributed by atoms with Gasteiger partial charge in [0.25, 0.3) is 5.91 Å². The number of aliphatic carboxylic acids is 2. The summed E-state index contributed by atoms with van der Waals surface area (Å²) in [7, 11) is 3.60. The molecule has 0 spiro atoms. The monoisotopic (exact) mass is 569 g/mol. The Balaban J connectivity index is 0.000000446. The van der Waals surface area contributed by atoms with Crippen LogP contribution in [0.1, 0.15) is 41.6 Å². The number of para-hydroxylation sites is 1. The Bertz CT molecular complexity index is 1330. The number of amides is 1. The van der Waals surface area contributed by atoms with E-state index in [-0.39, 0.29) is 5.91 Å². The lowest BCUT2D eigenvalue weighted by molar-refractivity contribution is -0.134. The van der Waals surface area contributed by atoms with Gasteiger partial charge in [-0.1, -0.05) is 48.5 Å². The van der Waals surface area contributed by atoms with Crippen molar-refractivity contribution in [2.45, 2.75) is 50.2 Å². The van der Waals surface area contributed by atoms with E-state index in [9.17, 15) is 14.4 Å². The Morgan fingerprint density at radius 2 is 1.26 bits per heavy atom. The van der Waals surface area contributed by atoms with Gasteiger partial charge in [-0.05, 0) is 74.1 Å². The molecule has 0 radical (unpaired) electrons. The molecule has 42 heavy (non-hydrogen) atoms. The number of hydrogen-bond acceptors (Lipinski definition) is 5.